The number of aliphatic carboxylic acids is 1. The zero-order chi connectivity index (χ0) is 17.1. The van der Waals surface area contributed by atoms with Crippen LogP contribution < -0.4 is 0 Å². The van der Waals surface area contributed by atoms with Crippen LogP contribution in [0.2, 0.25) is 0 Å². The molecule has 1 fully saturated rings. The molecule has 1 aliphatic heterocycles. The van der Waals surface area contributed by atoms with Gasteiger partial charge in [0.1, 0.15) is 6.04 Å². The minimum Gasteiger partial charge on any atom is -0.480 e. The van der Waals surface area contributed by atoms with Gasteiger partial charge in [-0.3, -0.25) is 9.46 Å². The van der Waals surface area contributed by atoms with Gasteiger partial charge in [-0.25, -0.2) is 9.59 Å². The molecule has 2 unspecified atom stereocenters. The predicted octanol–water partition coefficient (Wildman–Crippen LogP) is 1.65. The first-order valence-corrected chi connectivity index (χ1v) is 8.99. The third-order valence-corrected chi connectivity index (χ3v) is 6.77. The maximum absolute atomic E-state index is 12.0. The molecule has 0 saturated carbocycles. The van der Waals surface area contributed by atoms with Gasteiger partial charge in [0.05, 0.1) is 11.8 Å². The van der Waals surface area contributed by atoms with Crippen molar-refractivity contribution >= 4 is 19.7 Å². The fraction of sp³-hybridized carbons (Fsp3) is 0.846. The smallest absolute Gasteiger partial charge is 0.410 e. The first kappa shape index (κ1) is 18.9. The second-order valence-corrected chi connectivity index (χ2v) is 7.40. The molecule has 1 aliphatic rings. The van der Waals surface area contributed by atoms with Crippen molar-refractivity contribution in [3.05, 3.63) is 0 Å². The van der Waals surface area contributed by atoms with E-state index < -0.39 is 36.8 Å². The van der Waals surface area contributed by atoms with E-state index in [9.17, 15) is 29.0 Å². The van der Waals surface area contributed by atoms with Crippen molar-refractivity contribution < 1.29 is 33.8 Å². The van der Waals surface area contributed by atoms with Crippen LogP contribution in [0.1, 0.15) is 40.0 Å². The molecule has 0 bridgehead atoms. The number of ether oxygens (including phenoxy) is 1. The summed E-state index contributed by atoms with van der Waals surface area (Å²) in [7, 11) is -4.55. The summed E-state index contributed by atoms with van der Waals surface area (Å²) in [6.07, 6.45) is -0.260. The van der Waals surface area contributed by atoms with Crippen molar-refractivity contribution in [3.63, 3.8) is 0 Å². The summed E-state index contributed by atoms with van der Waals surface area (Å²) in [6, 6.07) is -1.29. The molecule has 3 N–H and O–H groups in total. The van der Waals surface area contributed by atoms with Crippen molar-refractivity contribution in [2.75, 3.05) is 13.2 Å². The Labute approximate surface area is 129 Å². The minimum absolute atomic E-state index is 0.109. The molecular formula is C13H24NO7P. The number of amides is 1. The Bertz CT molecular complexity index is 471. The molecule has 0 aliphatic carbocycles. The summed E-state index contributed by atoms with van der Waals surface area (Å²) in [4.78, 5) is 44.2. The Balaban J connectivity index is 3.25. The van der Waals surface area contributed by atoms with Gasteiger partial charge in [0.25, 0.3) is 0 Å². The van der Waals surface area contributed by atoms with Gasteiger partial charge in [0.2, 0.25) is 0 Å². The van der Waals surface area contributed by atoms with Crippen molar-refractivity contribution in [2.24, 2.45) is 5.92 Å². The van der Waals surface area contributed by atoms with E-state index >= 15 is 0 Å². The Hall–Kier alpha value is -1.11. The van der Waals surface area contributed by atoms with Gasteiger partial charge in [-0.2, -0.15) is 0 Å². The van der Waals surface area contributed by atoms with Crippen LogP contribution >= 0.6 is 7.60 Å². The van der Waals surface area contributed by atoms with Crippen LogP contribution in [0.15, 0.2) is 0 Å². The molecule has 8 nitrogen and oxygen atoms in total. The standard InChI is InChI=1S/C13H24NO7P/c1-4-13(5-2,22(18,19)20)9-7-8-14(10(9)11(15)16)12(17)21-6-3/h9-10H,4-8H2,1-3H3,(H,15,16)(H2,18,19,20). The average molecular weight is 337 g/mol. The quantitative estimate of drug-likeness (QED) is 0.629. The summed E-state index contributed by atoms with van der Waals surface area (Å²) >= 11 is 0. The lowest BCUT2D eigenvalue weighted by molar-refractivity contribution is -0.143. The number of hydrogen-bond donors (Lipinski definition) is 3. The number of rotatable bonds is 6. The average Bonchev–Trinajstić information content (AvgIpc) is 2.85. The number of hydrogen-bond acceptors (Lipinski definition) is 4. The van der Waals surface area contributed by atoms with Crippen molar-refractivity contribution in [3.8, 4) is 0 Å². The third kappa shape index (κ3) is 3.14. The normalized spacial score (nSPS) is 22.7. The zero-order valence-corrected chi connectivity index (χ0v) is 14.0. The van der Waals surface area contributed by atoms with Crippen molar-refractivity contribution in [1.82, 2.24) is 4.90 Å². The third-order valence-electron chi connectivity index (χ3n) is 4.65. The SMILES string of the molecule is CCOC(=O)N1CCC(C(CC)(CC)P(=O)(O)O)C1C(=O)O. The number of carboxylic acids is 1. The highest BCUT2D eigenvalue weighted by molar-refractivity contribution is 7.53. The fourth-order valence-electron chi connectivity index (χ4n) is 3.47. The summed E-state index contributed by atoms with van der Waals surface area (Å²) in [5.74, 6) is -2.08. The van der Waals surface area contributed by atoms with E-state index in [4.69, 9.17) is 4.74 Å². The van der Waals surface area contributed by atoms with Crippen LogP contribution in [0.25, 0.3) is 0 Å². The molecular weight excluding hydrogens is 313 g/mol. The van der Waals surface area contributed by atoms with Crippen LogP contribution in [-0.2, 0) is 14.1 Å². The molecule has 0 aromatic heterocycles. The highest BCUT2D eigenvalue weighted by Gasteiger charge is 2.58. The summed E-state index contributed by atoms with van der Waals surface area (Å²) < 4.78 is 16.9. The lowest BCUT2D eigenvalue weighted by atomic mass is 9.81. The highest BCUT2D eigenvalue weighted by Crippen LogP contribution is 2.61. The van der Waals surface area contributed by atoms with Gasteiger partial charge in [-0.05, 0) is 26.2 Å². The zero-order valence-electron chi connectivity index (χ0n) is 13.1. The van der Waals surface area contributed by atoms with Crippen LogP contribution in [0.5, 0.6) is 0 Å². The first-order valence-electron chi connectivity index (χ1n) is 7.38. The van der Waals surface area contributed by atoms with Crippen LogP contribution in [-0.4, -0.2) is 56.2 Å². The van der Waals surface area contributed by atoms with Gasteiger partial charge in [0.15, 0.2) is 0 Å². The van der Waals surface area contributed by atoms with Crippen molar-refractivity contribution in [2.45, 2.75) is 51.2 Å². The molecule has 0 spiro atoms. The van der Waals surface area contributed by atoms with E-state index in [1.165, 1.54) is 0 Å². The lowest BCUT2D eigenvalue weighted by Gasteiger charge is -2.40. The second kappa shape index (κ2) is 6.98. The molecule has 2 atom stereocenters. The molecule has 1 rings (SSSR count). The molecule has 1 saturated heterocycles. The maximum Gasteiger partial charge on any atom is 0.410 e. The van der Waals surface area contributed by atoms with Gasteiger partial charge in [0, 0.05) is 12.5 Å². The molecule has 0 radical (unpaired) electrons. The van der Waals surface area contributed by atoms with Gasteiger partial charge in [-0.15, -0.1) is 0 Å². The maximum atomic E-state index is 12.0. The molecule has 1 amide bonds. The van der Waals surface area contributed by atoms with E-state index in [2.05, 4.69) is 0 Å². The molecule has 128 valence electrons. The molecule has 1 heterocycles. The van der Waals surface area contributed by atoms with E-state index in [0.29, 0.717) is 0 Å². The Morgan fingerprint density at radius 2 is 1.82 bits per heavy atom. The van der Waals surface area contributed by atoms with Crippen LogP contribution in [0.3, 0.4) is 0 Å². The molecule has 22 heavy (non-hydrogen) atoms. The number of carbonyl (C=O) groups excluding carboxylic acids is 1. The van der Waals surface area contributed by atoms with Gasteiger partial charge < -0.3 is 19.6 Å². The molecule has 0 aromatic rings. The fourth-order valence-corrected chi connectivity index (χ4v) is 5.00. The highest BCUT2D eigenvalue weighted by atomic mass is 31.2. The first-order chi connectivity index (χ1) is 10.2. The summed E-state index contributed by atoms with van der Waals surface area (Å²) in [5.41, 5.74) is 0. The Morgan fingerprint density at radius 3 is 2.18 bits per heavy atom. The van der Waals surface area contributed by atoms with Crippen molar-refractivity contribution in [1.29, 1.82) is 0 Å². The van der Waals surface area contributed by atoms with Gasteiger partial charge in [-0.1, -0.05) is 13.8 Å². The largest absolute Gasteiger partial charge is 0.480 e. The number of carbonyl (C=O) groups is 2. The number of carboxylic acid groups (broad SMARTS) is 1. The van der Waals surface area contributed by atoms with E-state index in [1.807, 2.05) is 0 Å². The summed E-state index contributed by atoms with van der Waals surface area (Å²) in [5, 5.41) is 8.04. The minimum atomic E-state index is -4.55. The number of nitrogens with zero attached hydrogens (tertiary/aromatic N) is 1. The lowest BCUT2D eigenvalue weighted by Crippen LogP contribution is -2.50. The molecule has 9 heteroatoms. The Morgan fingerprint density at radius 1 is 1.27 bits per heavy atom. The van der Waals surface area contributed by atoms with E-state index in [0.717, 1.165) is 4.90 Å². The predicted molar refractivity (Wildman–Crippen MR) is 78.6 cm³/mol. The monoisotopic (exact) mass is 337 g/mol. The van der Waals surface area contributed by atoms with E-state index in [1.54, 1.807) is 20.8 Å². The summed E-state index contributed by atoms with van der Waals surface area (Å²) in [6.45, 7) is 5.10. The van der Waals surface area contributed by atoms with Crippen LogP contribution in [0.4, 0.5) is 4.79 Å². The Kier molecular flexibility index (Phi) is 6.01. The topological polar surface area (TPSA) is 124 Å². The second-order valence-electron chi connectivity index (χ2n) is 5.43. The number of likely N-dealkylation sites (tertiary alicyclic amines) is 1. The van der Waals surface area contributed by atoms with Gasteiger partial charge >= 0.3 is 19.7 Å². The van der Waals surface area contributed by atoms with E-state index in [-0.39, 0.29) is 32.4 Å². The van der Waals surface area contributed by atoms with Crippen LogP contribution in [0, 0.1) is 5.92 Å². The molecule has 0 aromatic carbocycles.